The fourth-order valence-corrected chi connectivity index (χ4v) is 5.04. The van der Waals surface area contributed by atoms with Gasteiger partial charge in [0.05, 0.1) is 0 Å². The molecule has 1 fully saturated rings. The summed E-state index contributed by atoms with van der Waals surface area (Å²) in [6.07, 6.45) is 6.64. The number of benzene rings is 2. The van der Waals surface area contributed by atoms with Gasteiger partial charge in [-0.25, -0.2) is 0 Å². The number of aliphatic imine (C=N–C) groups is 1. The summed E-state index contributed by atoms with van der Waals surface area (Å²) in [4.78, 5) is 31.2. The van der Waals surface area contributed by atoms with Crippen LogP contribution in [0.15, 0.2) is 59.6 Å². The summed E-state index contributed by atoms with van der Waals surface area (Å²) in [7, 11) is 0. The summed E-state index contributed by atoms with van der Waals surface area (Å²) in [6, 6.07) is 17.8. The van der Waals surface area contributed by atoms with Crippen molar-refractivity contribution in [1.82, 2.24) is 4.90 Å². The van der Waals surface area contributed by atoms with Crippen molar-refractivity contribution in [2.45, 2.75) is 78.3 Å². The van der Waals surface area contributed by atoms with Crippen molar-refractivity contribution < 1.29 is 9.59 Å². The predicted molar refractivity (Wildman–Crippen MR) is 142 cm³/mol. The van der Waals surface area contributed by atoms with E-state index >= 15 is 0 Å². The van der Waals surface area contributed by atoms with Crippen molar-refractivity contribution >= 4 is 17.8 Å². The Balaban J connectivity index is 1.69. The maximum Gasteiger partial charge on any atom is 0.280 e. The Morgan fingerprint density at radius 1 is 0.914 bits per heavy atom. The molecular weight excluding hydrogens is 436 g/mol. The smallest absolute Gasteiger partial charge is 0.280 e. The number of aryl methyl sites for hydroxylation is 1. The van der Waals surface area contributed by atoms with Gasteiger partial charge >= 0.3 is 0 Å². The molecule has 0 saturated heterocycles. The van der Waals surface area contributed by atoms with E-state index in [-0.39, 0.29) is 17.9 Å². The number of carbonyl (C=O) groups excluding carboxylic acids is 2. The van der Waals surface area contributed by atoms with Crippen molar-refractivity contribution in [2.24, 2.45) is 27.8 Å². The average molecular weight is 477 g/mol. The minimum atomic E-state index is -0.467. The minimum absolute atomic E-state index is 0.209. The molecule has 0 heterocycles. The van der Waals surface area contributed by atoms with Crippen molar-refractivity contribution in [1.29, 1.82) is 0 Å². The molecule has 4 N–H and O–H groups in total. The molecule has 6 heteroatoms. The first-order chi connectivity index (χ1) is 16.6. The number of amides is 2. The van der Waals surface area contributed by atoms with E-state index < -0.39 is 5.91 Å². The summed E-state index contributed by atoms with van der Waals surface area (Å²) in [6.45, 7) is 7.49. The van der Waals surface area contributed by atoms with Crippen LogP contribution in [0.1, 0.15) is 80.8 Å². The van der Waals surface area contributed by atoms with E-state index in [2.05, 4.69) is 42.8 Å². The molecule has 2 amide bonds. The van der Waals surface area contributed by atoms with Crippen LogP contribution in [-0.2, 0) is 17.8 Å². The van der Waals surface area contributed by atoms with E-state index in [0.717, 1.165) is 44.1 Å². The molecule has 0 unspecified atom stereocenters. The number of guanidine groups is 1. The van der Waals surface area contributed by atoms with Gasteiger partial charge in [-0.05, 0) is 73.1 Å². The van der Waals surface area contributed by atoms with Crippen LogP contribution in [0.2, 0.25) is 0 Å². The number of rotatable bonds is 8. The van der Waals surface area contributed by atoms with Gasteiger partial charge in [0.2, 0.25) is 5.91 Å². The topological polar surface area (TPSA) is 102 Å². The molecule has 2 aromatic carbocycles. The molecule has 1 saturated carbocycles. The van der Waals surface area contributed by atoms with Gasteiger partial charge in [-0.1, -0.05) is 63.2 Å². The number of hydrogen-bond acceptors (Lipinski definition) is 2. The highest BCUT2D eigenvalue weighted by molar-refractivity contribution is 6.01. The molecule has 0 bridgehead atoms. The zero-order chi connectivity index (χ0) is 25.4. The Hall–Kier alpha value is -3.15. The normalized spacial score (nSPS) is 18.0. The first-order valence-corrected chi connectivity index (χ1v) is 12.7. The summed E-state index contributed by atoms with van der Waals surface area (Å²) in [5.74, 6) is 0.179. The third-order valence-electron chi connectivity index (χ3n) is 7.17. The van der Waals surface area contributed by atoms with Crippen LogP contribution in [-0.4, -0.2) is 28.7 Å². The molecular formula is C29H40N4O2. The van der Waals surface area contributed by atoms with Crippen LogP contribution >= 0.6 is 0 Å². The monoisotopic (exact) mass is 476 g/mol. The van der Waals surface area contributed by atoms with Crippen LogP contribution < -0.4 is 11.5 Å². The maximum absolute atomic E-state index is 13.4. The van der Waals surface area contributed by atoms with E-state index in [1.165, 1.54) is 5.56 Å². The Morgan fingerprint density at radius 3 is 2.11 bits per heavy atom. The highest BCUT2D eigenvalue weighted by Crippen LogP contribution is 2.39. The summed E-state index contributed by atoms with van der Waals surface area (Å²) in [5.41, 5.74) is 13.6. The van der Waals surface area contributed by atoms with Crippen LogP contribution in [0.4, 0.5) is 0 Å². The van der Waals surface area contributed by atoms with Crippen molar-refractivity contribution in [3.05, 3.63) is 71.3 Å². The van der Waals surface area contributed by atoms with E-state index in [1.807, 2.05) is 30.3 Å². The summed E-state index contributed by atoms with van der Waals surface area (Å²) in [5, 5.41) is 0. The number of hydrogen-bond donors (Lipinski definition) is 2. The number of nitrogens with two attached hydrogens (primary N) is 2. The van der Waals surface area contributed by atoms with E-state index in [0.29, 0.717) is 29.9 Å². The second kappa shape index (κ2) is 12.0. The molecule has 35 heavy (non-hydrogen) atoms. The lowest BCUT2D eigenvalue weighted by atomic mass is 9.71. The standard InChI is InChI=1S/C29H40N4O2/c1-29(2,3)24-16-18-25(19-17-24)33(26(34)11-7-10-21-8-5-4-6-9-21)20-22-12-14-23(15-13-22)27(35)32-28(30)31/h4-6,8-9,12-15,24-25H,7,10-11,16-20H2,1-3H3,(H4,30,31,32,35). The molecule has 6 nitrogen and oxygen atoms in total. The van der Waals surface area contributed by atoms with E-state index in [9.17, 15) is 9.59 Å². The second-order valence-corrected chi connectivity index (χ2v) is 10.8. The van der Waals surface area contributed by atoms with Crippen LogP contribution in [0, 0.1) is 11.3 Å². The Kier molecular flexibility index (Phi) is 9.07. The quantitative estimate of drug-likeness (QED) is 0.411. The molecule has 0 aromatic heterocycles. The van der Waals surface area contributed by atoms with Gasteiger partial charge in [-0.15, -0.1) is 0 Å². The Bertz CT molecular complexity index is 997. The highest BCUT2D eigenvalue weighted by atomic mass is 16.2. The Labute approximate surface area is 209 Å². The van der Waals surface area contributed by atoms with E-state index in [4.69, 9.17) is 11.5 Å². The van der Waals surface area contributed by atoms with Gasteiger partial charge in [-0.2, -0.15) is 4.99 Å². The molecule has 3 rings (SSSR count). The highest BCUT2D eigenvalue weighted by Gasteiger charge is 2.33. The fourth-order valence-electron chi connectivity index (χ4n) is 5.04. The molecule has 0 spiro atoms. The minimum Gasteiger partial charge on any atom is -0.370 e. The van der Waals surface area contributed by atoms with Crippen LogP contribution in [0.5, 0.6) is 0 Å². The van der Waals surface area contributed by atoms with Crippen LogP contribution in [0.3, 0.4) is 0 Å². The molecule has 2 aromatic rings. The largest absolute Gasteiger partial charge is 0.370 e. The predicted octanol–water partition coefficient (Wildman–Crippen LogP) is 5.06. The SMILES string of the molecule is CC(C)(C)C1CCC(N(Cc2ccc(C(=O)N=C(N)N)cc2)C(=O)CCCc2ccccc2)CC1. The fraction of sp³-hybridized carbons (Fsp3) is 0.483. The zero-order valence-corrected chi connectivity index (χ0v) is 21.4. The van der Waals surface area contributed by atoms with Crippen molar-refractivity contribution in [3.8, 4) is 0 Å². The Morgan fingerprint density at radius 2 is 1.54 bits per heavy atom. The molecule has 1 aliphatic carbocycles. The first kappa shape index (κ1) is 26.5. The molecule has 0 aliphatic heterocycles. The molecule has 0 radical (unpaired) electrons. The zero-order valence-electron chi connectivity index (χ0n) is 21.4. The third kappa shape index (κ3) is 7.94. The lowest BCUT2D eigenvalue weighted by Crippen LogP contribution is -2.43. The van der Waals surface area contributed by atoms with Gasteiger partial charge in [-0.3, -0.25) is 9.59 Å². The maximum atomic E-state index is 13.4. The molecule has 1 aliphatic rings. The molecule has 188 valence electrons. The van der Waals surface area contributed by atoms with Gasteiger partial charge in [0.25, 0.3) is 5.91 Å². The van der Waals surface area contributed by atoms with Gasteiger partial charge < -0.3 is 16.4 Å². The van der Waals surface area contributed by atoms with Crippen molar-refractivity contribution in [3.63, 3.8) is 0 Å². The lowest BCUT2D eigenvalue weighted by Gasteiger charge is -2.41. The summed E-state index contributed by atoms with van der Waals surface area (Å²) < 4.78 is 0. The first-order valence-electron chi connectivity index (χ1n) is 12.7. The number of carbonyl (C=O) groups is 2. The summed E-state index contributed by atoms with van der Waals surface area (Å²) >= 11 is 0. The molecule has 0 atom stereocenters. The lowest BCUT2D eigenvalue weighted by molar-refractivity contribution is -0.135. The van der Waals surface area contributed by atoms with Crippen molar-refractivity contribution in [2.75, 3.05) is 0 Å². The van der Waals surface area contributed by atoms with Gasteiger partial charge in [0, 0.05) is 24.6 Å². The van der Waals surface area contributed by atoms with E-state index in [1.54, 1.807) is 12.1 Å². The van der Waals surface area contributed by atoms with Gasteiger partial charge in [0.15, 0.2) is 5.96 Å². The number of nitrogens with zero attached hydrogens (tertiary/aromatic N) is 2. The van der Waals surface area contributed by atoms with Crippen LogP contribution in [0.25, 0.3) is 0 Å². The average Bonchev–Trinajstić information content (AvgIpc) is 2.82. The third-order valence-corrected chi connectivity index (χ3v) is 7.17. The van der Waals surface area contributed by atoms with Gasteiger partial charge in [0.1, 0.15) is 0 Å². The second-order valence-electron chi connectivity index (χ2n) is 10.8.